The molecule has 0 saturated heterocycles. The third-order valence-electron chi connectivity index (χ3n) is 3.26. The molecule has 3 nitrogen and oxygen atoms in total. The molecule has 0 amide bonds. The largest absolute Gasteiger partial charge is 0.250 e. The summed E-state index contributed by atoms with van der Waals surface area (Å²) in [6, 6.07) is 0. The van der Waals surface area contributed by atoms with Crippen molar-refractivity contribution < 1.29 is 0 Å². The van der Waals surface area contributed by atoms with Crippen LogP contribution in [-0.4, -0.2) is 20.1 Å². The highest BCUT2D eigenvalue weighted by Gasteiger charge is 2.13. The summed E-state index contributed by atoms with van der Waals surface area (Å²) in [5.74, 6) is 1.66. The maximum Gasteiger partial charge on any atom is 0.138 e. The van der Waals surface area contributed by atoms with Crippen LogP contribution in [0.1, 0.15) is 45.4 Å². The van der Waals surface area contributed by atoms with Gasteiger partial charge in [0.15, 0.2) is 0 Å². The van der Waals surface area contributed by atoms with Gasteiger partial charge >= 0.3 is 0 Å². The maximum absolute atomic E-state index is 6.26. The number of alkyl halides is 1. The van der Waals surface area contributed by atoms with Gasteiger partial charge in [0.1, 0.15) is 12.2 Å². The van der Waals surface area contributed by atoms with Gasteiger partial charge in [0.05, 0.1) is 5.38 Å². The van der Waals surface area contributed by atoms with Gasteiger partial charge in [0.2, 0.25) is 0 Å². The van der Waals surface area contributed by atoms with Crippen LogP contribution in [0.2, 0.25) is 0 Å². The Morgan fingerprint density at radius 1 is 1.44 bits per heavy atom. The van der Waals surface area contributed by atoms with Gasteiger partial charge in [-0.2, -0.15) is 5.10 Å². The first-order valence-electron chi connectivity index (χ1n) is 6.85. The number of aromatic nitrogens is 3. The molecule has 18 heavy (non-hydrogen) atoms. The summed E-state index contributed by atoms with van der Waals surface area (Å²) in [7, 11) is 0. The Balaban J connectivity index is 2.06. The Morgan fingerprint density at radius 2 is 2.28 bits per heavy atom. The molecular formula is C14H22ClN3. The highest BCUT2D eigenvalue weighted by molar-refractivity contribution is 6.21. The quantitative estimate of drug-likeness (QED) is 0.617. The second kappa shape index (κ2) is 6.37. The van der Waals surface area contributed by atoms with Gasteiger partial charge < -0.3 is 0 Å². The van der Waals surface area contributed by atoms with Crippen LogP contribution in [0.5, 0.6) is 0 Å². The van der Waals surface area contributed by atoms with Crippen molar-refractivity contribution in [2.75, 3.05) is 0 Å². The predicted octanol–water partition coefficient (Wildman–Crippen LogP) is 3.58. The lowest BCUT2D eigenvalue weighted by Crippen LogP contribution is -2.11. The fraction of sp³-hybridized carbons (Fsp3) is 0.714. The summed E-state index contributed by atoms with van der Waals surface area (Å²) in [5.41, 5.74) is 1.42. The predicted molar refractivity (Wildman–Crippen MR) is 74.8 cm³/mol. The molecule has 0 N–H and O–H groups in total. The molecule has 0 aliphatic heterocycles. The Hall–Kier alpha value is -0.830. The fourth-order valence-corrected chi connectivity index (χ4v) is 2.72. The van der Waals surface area contributed by atoms with E-state index in [9.17, 15) is 0 Å². The van der Waals surface area contributed by atoms with Gasteiger partial charge in [0, 0.05) is 13.0 Å². The number of hydrogen-bond donors (Lipinski definition) is 0. The second-order valence-electron chi connectivity index (χ2n) is 5.52. The summed E-state index contributed by atoms with van der Waals surface area (Å²) >= 11 is 6.26. The van der Waals surface area contributed by atoms with Gasteiger partial charge in [-0.3, -0.25) is 0 Å². The number of halogens is 1. The number of hydrogen-bond acceptors (Lipinski definition) is 2. The van der Waals surface area contributed by atoms with Crippen molar-refractivity contribution in [2.45, 2.75) is 57.9 Å². The van der Waals surface area contributed by atoms with Crippen LogP contribution in [0.4, 0.5) is 0 Å². The topological polar surface area (TPSA) is 30.7 Å². The van der Waals surface area contributed by atoms with Crippen LogP contribution >= 0.6 is 11.6 Å². The van der Waals surface area contributed by atoms with E-state index in [4.69, 9.17) is 11.6 Å². The maximum atomic E-state index is 6.26. The Kier molecular flexibility index (Phi) is 4.81. The van der Waals surface area contributed by atoms with Gasteiger partial charge in [0.25, 0.3) is 0 Å². The molecular weight excluding hydrogens is 246 g/mol. The number of rotatable bonds is 4. The lowest BCUT2D eigenvalue weighted by Gasteiger charge is -2.10. The number of nitrogens with zero attached hydrogens (tertiary/aromatic N) is 3. The van der Waals surface area contributed by atoms with Crippen LogP contribution in [0, 0.1) is 5.92 Å². The molecule has 1 aromatic heterocycles. The Bertz CT molecular complexity index is 409. The first-order valence-corrected chi connectivity index (χ1v) is 7.29. The molecule has 0 radical (unpaired) electrons. The van der Waals surface area contributed by atoms with E-state index in [1.54, 1.807) is 6.33 Å². The molecule has 2 rings (SSSR count). The number of allylic oxidation sites excluding steroid dienone is 2. The molecule has 100 valence electrons. The average Bonchev–Trinajstić information content (AvgIpc) is 2.59. The average molecular weight is 268 g/mol. The zero-order chi connectivity index (χ0) is 13.0. The monoisotopic (exact) mass is 267 g/mol. The van der Waals surface area contributed by atoms with E-state index in [1.807, 2.05) is 4.68 Å². The van der Waals surface area contributed by atoms with E-state index in [0.29, 0.717) is 5.92 Å². The molecule has 0 saturated carbocycles. The van der Waals surface area contributed by atoms with Crippen molar-refractivity contribution in [3.63, 3.8) is 0 Å². The molecule has 1 unspecified atom stereocenters. The van der Waals surface area contributed by atoms with E-state index in [2.05, 4.69) is 30.0 Å². The van der Waals surface area contributed by atoms with Gasteiger partial charge in [-0.25, -0.2) is 9.67 Å². The van der Waals surface area contributed by atoms with Crippen molar-refractivity contribution in [1.82, 2.24) is 14.8 Å². The summed E-state index contributed by atoms with van der Waals surface area (Å²) < 4.78 is 2.03. The van der Waals surface area contributed by atoms with Crippen LogP contribution in [0.15, 0.2) is 18.0 Å². The van der Waals surface area contributed by atoms with Crippen molar-refractivity contribution in [2.24, 2.45) is 5.92 Å². The SMILES string of the molecule is CC(C)Cn1ncnc1CC1=CC(Cl)CCCC1. The molecule has 4 heteroatoms. The zero-order valence-electron chi connectivity index (χ0n) is 11.3. The van der Waals surface area contributed by atoms with E-state index in [-0.39, 0.29) is 5.38 Å². The molecule has 0 spiro atoms. The minimum absolute atomic E-state index is 0.198. The van der Waals surface area contributed by atoms with Crippen LogP contribution in [-0.2, 0) is 13.0 Å². The summed E-state index contributed by atoms with van der Waals surface area (Å²) in [5, 5.41) is 4.51. The lowest BCUT2D eigenvalue weighted by molar-refractivity contribution is 0.468. The molecule has 1 aliphatic rings. The highest BCUT2D eigenvalue weighted by Crippen LogP contribution is 2.23. The molecule has 0 aromatic carbocycles. The fourth-order valence-electron chi connectivity index (χ4n) is 2.39. The summed E-state index contributed by atoms with van der Waals surface area (Å²) in [6.07, 6.45) is 9.51. The third-order valence-corrected chi connectivity index (χ3v) is 3.61. The first kappa shape index (κ1) is 13.6. The van der Waals surface area contributed by atoms with Crippen LogP contribution in [0.25, 0.3) is 0 Å². The van der Waals surface area contributed by atoms with Gasteiger partial charge in [-0.05, 0) is 25.2 Å². The van der Waals surface area contributed by atoms with Crippen LogP contribution < -0.4 is 0 Å². The van der Waals surface area contributed by atoms with Crippen molar-refractivity contribution in [3.8, 4) is 0 Å². The molecule has 0 bridgehead atoms. The van der Waals surface area contributed by atoms with Crippen LogP contribution in [0.3, 0.4) is 0 Å². The molecule has 1 aliphatic carbocycles. The minimum atomic E-state index is 0.198. The van der Waals surface area contributed by atoms with Crippen molar-refractivity contribution in [3.05, 3.63) is 23.8 Å². The van der Waals surface area contributed by atoms with E-state index in [1.165, 1.54) is 18.4 Å². The highest BCUT2D eigenvalue weighted by atomic mass is 35.5. The zero-order valence-corrected chi connectivity index (χ0v) is 12.0. The van der Waals surface area contributed by atoms with Gasteiger partial charge in [-0.1, -0.05) is 31.9 Å². The Morgan fingerprint density at radius 3 is 3.06 bits per heavy atom. The third kappa shape index (κ3) is 3.84. The Labute approximate surface area is 114 Å². The van der Waals surface area contributed by atoms with Crippen molar-refractivity contribution in [1.29, 1.82) is 0 Å². The molecule has 1 aromatic rings. The molecule has 1 atom stereocenters. The molecule has 0 fully saturated rings. The van der Waals surface area contributed by atoms with Crippen molar-refractivity contribution >= 4 is 11.6 Å². The van der Waals surface area contributed by atoms with E-state index >= 15 is 0 Å². The smallest absolute Gasteiger partial charge is 0.138 e. The van der Waals surface area contributed by atoms with Gasteiger partial charge in [-0.15, -0.1) is 11.6 Å². The molecule has 1 heterocycles. The summed E-state index contributed by atoms with van der Waals surface area (Å²) in [6.45, 7) is 5.34. The normalized spacial score (nSPS) is 20.9. The van der Waals surface area contributed by atoms with E-state index in [0.717, 1.165) is 31.6 Å². The standard InChI is InChI=1S/C14H22ClN3/c1-11(2)9-18-14(16-10-17-18)8-12-5-3-4-6-13(15)7-12/h7,10-11,13H,3-6,8-9H2,1-2H3. The lowest BCUT2D eigenvalue weighted by atomic mass is 10.1. The van der Waals surface area contributed by atoms with E-state index < -0.39 is 0 Å². The first-order chi connectivity index (χ1) is 8.65. The second-order valence-corrected chi connectivity index (χ2v) is 6.08. The summed E-state index contributed by atoms with van der Waals surface area (Å²) in [4.78, 5) is 4.39. The minimum Gasteiger partial charge on any atom is -0.250 e.